The summed E-state index contributed by atoms with van der Waals surface area (Å²) in [6.45, 7) is 2.22. The van der Waals surface area contributed by atoms with Crippen molar-refractivity contribution in [2.45, 2.75) is 68.9 Å². The summed E-state index contributed by atoms with van der Waals surface area (Å²) in [5, 5.41) is 10.6. The average molecular weight is 788 g/mol. The van der Waals surface area contributed by atoms with Gasteiger partial charge in [0.25, 0.3) is 5.91 Å². The van der Waals surface area contributed by atoms with Gasteiger partial charge in [-0.2, -0.15) is 18.3 Å². The molecule has 3 aliphatic rings. The summed E-state index contributed by atoms with van der Waals surface area (Å²) in [5.74, 6) is -1.05. The van der Waals surface area contributed by atoms with Crippen molar-refractivity contribution >= 4 is 51.0 Å². The predicted molar refractivity (Wildman–Crippen MR) is 206 cm³/mol. The number of pyridine rings is 1. The number of hydrogen-bond donors (Lipinski definition) is 2. The van der Waals surface area contributed by atoms with E-state index in [2.05, 4.69) is 32.5 Å². The van der Waals surface area contributed by atoms with Crippen molar-refractivity contribution in [1.82, 2.24) is 34.1 Å². The number of imidazole rings is 1. The number of carbonyl (C=O) groups is 3. The van der Waals surface area contributed by atoms with Crippen LogP contribution in [0.3, 0.4) is 0 Å². The molecule has 3 fully saturated rings. The van der Waals surface area contributed by atoms with Crippen LogP contribution in [-0.4, -0.2) is 92.5 Å². The highest BCUT2D eigenvalue weighted by Gasteiger charge is 2.39. The van der Waals surface area contributed by atoms with Gasteiger partial charge in [-0.15, -0.1) is 0 Å². The van der Waals surface area contributed by atoms with Crippen LogP contribution in [0.15, 0.2) is 65.6 Å². The Balaban J connectivity index is 0.897. The highest BCUT2D eigenvalue weighted by Crippen LogP contribution is 2.36. The minimum atomic E-state index is -4.65. The third-order valence-corrected chi connectivity index (χ3v) is 11.8. The predicted octanol–water partition coefficient (Wildman–Crippen LogP) is 4.90. The first kappa shape index (κ1) is 38.3. The van der Waals surface area contributed by atoms with Crippen LogP contribution >= 0.6 is 0 Å². The van der Waals surface area contributed by atoms with E-state index in [-0.39, 0.29) is 48.3 Å². The second-order valence-corrected chi connectivity index (χ2v) is 15.4. The number of aryl methyl sites for hydroxylation is 1. The molecule has 2 aromatic carbocycles. The second-order valence-electron chi connectivity index (χ2n) is 15.4. The number of carbonyl (C=O) groups excluding carboxylic acids is 3. The molecule has 5 aromatic rings. The smallest absolute Gasteiger partial charge is 0.378 e. The van der Waals surface area contributed by atoms with Gasteiger partial charge in [0.05, 0.1) is 40.4 Å². The van der Waals surface area contributed by atoms with Gasteiger partial charge in [0.1, 0.15) is 17.4 Å². The monoisotopic (exact) mass is 787 g/mol. The molecule has 3 aromatic heterocycles. The standard InChI is InChI=1S/C40H44F3N9O5/c1-48(32-21-50(22-33(32)57-3)29-7-5-8-30-36(29)49(2)39(56)52(30)31-16-17-35(53)46-38(31)55)19-23-10-13-26(14-11-23)51-20-24-18-25(12-15-27(24)47-51)44-37(54)28-6-4-9-34(45-28)40(41,42)43/h4-9,12,15,18,20,23,26,31-33H,10-11,13-14,16-17,19,21-22H2,1-3H3,(H,44,54)(H,46,53,55)/t23?,26?,31?,32-,33+/m1/s1. The van der Waals surface area contributed by atoms with E-state index in [1.807, 2.05) is 29.1 Å². The maximum absolute atomic E-state index is 13.5. The van der Waals surface area contributed by atoms with Crippen molar-refractivity contribution in [3.05, 3.63) is 82.7 Å². The van der Waals surface area contributed by atoms with Crippen molar-refractivity contribution in [2.24, 2.45) is 13.0 Å². The van der Waals surface area contributed by atoms with E-state index in [0.717, 1.165) is 66.5 Å². The maximum atomic E-state index is 13.5. The lowest BCUT2D eigenvalue weighted by Gasteiger charge is -2.35. The summed E-state index contributed by atoms with van der Waals surface area (Å²) in [4.78, 5) is 59.0. The molecule has 5 heterocycles. The van der Waals surface area contributed by atoms with Crippen molar-refractivity contribution in [1.29, 1.82) is 0 Å². The summed E-state index contributed by atoms with van der Waals surface area (Å²) in [6.07, 6.45) is 1.61. The van der Waals surface area contributed by atoms with E-state index in [4.69, 9.17) is 9.84 Å². The number of aromatic nitrogens is 5. The Labute approximate surface area is 325 Å². The van der Waals surface area contributed by atoms with Crippen LogP contribution in [0.25, 0.3) is 21.9 Å². The first-order chi connectivity index (χ1) is 27.3. The van der Waals surface area contributed by atoms with Gasteiger partial charge in [-0.25, -0.2) is 9.78 Å². The van der Waals surface area contributed by atoms with Gasteiger partial charge in [-0.1, -0.05) is 12.1 Å². The lowest BCUT2D eigenvalue weighted by Crippen LogP contribution is -2.44. The number of halogens is 3. The molecule has 1 unspecified atom stereocenters. The fourth-order valence-electron chi connectivity index (χ4n) is 8.87. The van der Waals surface area contributed by atoms with Crippen molar-refractivity contribution in [3.8, 4) is 0 Å². The third kappa shape index (κ3) is 7.41. The number of imide groups is 1. The van der Waals surface area contributed by atoms with Crippen LogP contribution in [0, 0.1) is 5.92 Å². The first-order valence-corrected chi connectivity index (χ1v) is 19.1. The summed E-state index contributed by atoms with van der Waals surface area (Å²) in [6, 6.07) is 13.8. The van der Waals surface area contributed by atoms with Gasteiger partial charge in [0.15, 0.2) is 0 Å². The van der Waals surface area contributed by atoms with Gasteiger partial charge < -0.3 is 15.0 Å². The van der Waals surface area contributed by atoms with Gasteiger partial charge >= 0.3 is 11.9 Å². The molecule has 3 atom stereocenters. The zero-order chi connectivity index (χ0) is 40.2. The Morgan fingerprint density at radius 1 is 1.02 bits per heavy atom. The zero-order valence-corrected chi connectivity index (χ0v) is 31.8. The van der Waals surface area contributed by atoms with Crippen LogP contribution in [0.1, 0.15) is 66.8 Å². The number of hydrogen-bond acceptors (Lipinski definition) is 9. The molecule has 17 heteroatoms. The fourth-order valence-corrected chi connectivity index (χ4v) is 8.87. The Hall–Kier alpha value is -5.55. The van der Waals surface area contributed by atoms with Crippen molar-refractivity contribution in [2.75, 3.05) is 44.0 Å². The number of para-hydroxylation sites is 1. The molecule has 57 heavy (non-hydrogen) atoms. The minimum absolute atomic E-state index is 0.0664. The molecular formula is C40H44F3N9O5. The molecule has 2 aliphatic heterocycles. The molecule has 300 valence electrons. The molecule has 3 amide bonds. The number of amides is 3. The molecule has 0 radical (unpaired) electrons. The van der Waals surface area contributed by atoms with Crippen LogP contribution in [-0.2, 0) is 27.5 Å². The quantitative estimate of drug-likeness (QED) is 0.199. The van der Waals surface area contributed by atoms with E-state index in [1.54, 1.807) is 36.9 Å². The molecule has 0 spiro atoms. The van der Waals surface area contributed by atoms with Gasteiger partial charge in [0.2, 0.25) is 11.8 Å². The molecule has 1 aliphatic carbocycles. The van der Waals surface area contributed by atoms with Gasteiger partial charge in [-0.3, -0.25) is 38.4 Å². The van der Waals surface area contributed by atoms with Crippen LogP contribution < -0.4 is 21.2 Å². The number of nitrogens with one attached hydrogen (secondary N) is 2. The number of alkyl halides is 3. The van der Waals surface area contributed by atoms with Gasteiger partial charge in [0, 0.05) is 57.5 Å². The molecule has 2 saturated heterocycles. The van der Waals surface area contributed by atoms with E-state index < -0.39 is 29.7 Å². The van der Waals surface area contributed by atoms with Crippen LogP contribution in [0.4, 0.5) is 24.5 Å². The molecular weight excluding hydrogens is 743 g/mol. The lowest BCUT2D eigenvalue weighted by molar-refractivity contribution is -0.141. The summed E-state index contributed by atoms with van der Waals surface area (Å²) in [7, 11) is 5.59. The summed E-state index contributed by atoms with van der Waals surface area (Å²) >= 11 is 0. The number of ether oxygens (including phenoxy) is 1. The van der Waals surface area contributed by atoms with Crippen LogP contribution in [0.5, 0.6) is 0 Å². The number of benzene rings is 2. The van der Waals surface area contributed by atoms with E-state index >= 15 is 0 Å². The molecule has 8 rings (SSSR count). The summed E-state index contributed by atoms with van der Waals surface area (Å²) < 4.78 is 50.4. The number of likely N-dealkylation sites (N-methyl/N-ethyl adjacent to an activating group) is 1. The molecule has 0 bridgehead atoms. The highest BCUT2D eigenvalue weighted by atomic mass is 19.4. The Morgan fingerprint density at radius 2 is 1.79 bits per heavy atom. The SMILES string of the molecule is CO[C@H]1CN(c2cccc3c2n(C)c(=O)n3C2CCC(=O)NC2=O)C[C@H]1N(C)CC1CCC(n2cc3cc(NC(=O)c4cccc(C(F)(F)F)n4)ccc3n2)CC1. The Kier molecular flexibility index (Phi) is 10.1. The second kappa shape index (κ2) is 15.1. The van der Waals surface area contributed by atoms with Crippen LogP contribution in [0.2, 0.25) is 0 Å². The fraction of sp³-hybridized carbons (Fsp3) is 0.450. The maximum Gasteiger partial charge on any atom is 0.433 e. The number of rotatable bonds is 9. The Bertz CT molecular complexity index is 2410. The zero-order valence-electron chi connectivity index (χ0n) is 31.8. The normalized spacial score (nSPS) is 23.1. The largest absolute Gasteiger partial charge is 0.433 e. The van der Waals surface area contributed by atoms with Crippen molar-refractivity contribution < 1.29 is 32.3 Å². The summed E-state index contributed by atoms with van der Waals surface area (Å²) in [5.41, 5.74) is 1.73. The third-order valence-electron chi connectivity index (χ3n) is 11.8. The van der Waals surface area contributed by atoms with Crippen molar-refractivity contribution in [3.63, 3.8) is 0 Å². The molecule has 14 nitrogen and oxygen atoms in total. The minimum Gasteiger partial charge on any atom is -0.378 e. The topological polar surface area (TPSA) is 149 Å². The Morgan fingerprint density at radius 3 is 2.53 bits per heavy atom. The van der Waals surface area contributed by atoms with E-state index in [0.29, 0.717) is 30.2 Å². The van der Waals surface area contributed by atoms with E-state index in [9.17, 15) is 32.3 Å². The lowest BCUT2D eigenvalue weighted by atomic mass is 9.85. The highest BCUT2D eigenvalue weighted by molar-refractivity contribution is 6.04. The van der Waals surface area contributed by atoms with Gasteiger partial charge in [-0.05, 0) is 87.5 Å². The molecule has 1 saturated carbocycles. The number of anilines is 2. The number of methoxy groups -OCH3 is 1. The number of fused-ring (bicyclic) bond motifs is 2. The number of piperidine rings is 1. The average Bonchev–Trinajstić information content (AvgIpc) is 3.89. The number of nitrogens with zero attached hydrogens (tertiary/aromatic N) is 7. The first-order valence-electron chi connectivity index (χ1n) is 19.1. The van der Waals surface area contributed by atoms with E-state index in [1.165, 1.54) is 10.6 Å². The molecule has 2 N–H and O–H groups in total.